The first-order chi connectivity index (χ1) is 16.1. The number of ether oxygens (including phenoxy) is 2. The fraction of sp³-hybridized carbons (Fsp3) is 0.333. The van der Waals surface area contributed by atoms with Crippen LogP contribution in [0.2, 0.25) is 0 Å². The molecule has 0 spiro atoms. The number of Topliss-reactive ketones (excluding diaryl/α,β-unsaturated/α-hetero) is 1. The minimum atomic E-state index is -1.04. The quantitative estimate of drug-likeness (QED) is 0.603. The summed E-state index contributed by atoms with van der Waals surface area (Å²) in [6.07, 6.45) is 0.890. The van der Waals surface area contributed by atoms with E-state index < -0.39 is 23.5 Å². The summed E-state index contributed by atoms with van der Waals surface area (Å²) in [6, 6.07) is 10.6. The molecule has 1 aliphatic carbocycles. The maximum absolute atomic E-state index is 14.2. The highest BCUT2D eigenvalue weighted by Gasteiger charge is 2.43. The molecule has 1 heterocycles. The zero-order chi connectivity index (χ0) is 24.6. The van der Waals surface area contributed by atoms with Gasteiger partial charge in [-0.3, -0.25) is 4.79 Å². The molecule has 0 saturated carbocycles. The number of dihydropyridines is 1. The maximum Gasteiger partial charge on any atom is 0.337 e. The van der Waals surface area contributed by atoms with Crippen LogP contribution in [0, 0.1) is 17.0 Å². The van der Waals surface area contributed by atoms with E-state index in [1.165, 1.54) is 6.07 Å². The van der Waals surface area contributed by atoms with Crippen LogP contribution in [0.4, 0.5) is 8.78 Å². The molecule has 1 atom stereocenters. The third kappa shape index (κ3) is 4.60. The number of allylic oxidation sites excluding steroid dienone is 3. The van der Waals surface area contributed by atoms with Crippen molar-refractivity contribution in [1.82, 2.24) is 5.32 Å². The van der Waals surface area contributed by atoms with E-state index in [4.69, 9.17) is 9.47 Å². The van der Waals surface area contributed by atoms with Crippen LogP contribution in [-0.2, 0) is 20.9 Å². The lowest BCUT2D eigenvalue weighted by atomic mass is 9.68. The highest BCUT2D eigenvalue weighted by atomic mass is 19.2. The van der Waals surface area contributed by atoms with Crippen molar-refractivity contribution in [2.45, 2.75) is 46.1 Å². The summed E-state index contributed by atoms with van der Waals surface area (Å²) in [5, 5.41) is 3.23. The Labute approximate surface area is 197 Å². The van der Waals surface area contributed by atoms with Crippen molar-refractivity contribution < 1.29 is 27.8 Å². The van der Waals surface area contributed by atoms with Gasteiger partial charge in [-0.2, -0.15) is 0 Å². The van der Waals surface area contributed by atoms with Crippen molar-refractivity contribution in [3.8, 4) is 5.75 Å². The minimum Gasteiger partial charge on any atom is -0.497 e. The van der Waals surface area contributed by atoms with Crippen LogP contribution in [0.25, 0.3) is 0 Å². The number of nitrogens with one attached hydrogen (secondary N) is 1. The second-order valence-corrected chi connectivity index (χ2v) is 9.53. The zero-order valence-corrected chi connectivity index (χ0v) is 19.6. The second-order valence-electron chi connectivity index (χ2n) is 9.53. The van der Waals surface area contributed by atoms with Crippen LogP contribution in [0.5, 0.6) is 5.75 Å². The average molecular weight is 468 g/mol. The first-order valence-electron chi connectivity index (χ1n) is 11.1. The highest BCUT2D eigenvalue weighted by molar-refractivity contribution is 6.04. The molecule has 4 rings (SSSR count). The van der Waals surface area contributed by atoms with Gasteiger partial charge in [-0.15, -0.1) is 0 Å². The van der Waals surface area contributed by atoms with Crippen LogP contribution in [0.1, 0.15) is 50.7 Å². The molecular formula is C27H27F2NO4. The summed E-state index contributed by atoms with van der Waals surface area (Å²) in [5.41, 5.74) is 2.69. The molecule has 5 nitrogen and oxygen atoms in total. The van der Waals surface area contributed by atoms with Crippen LogP contribution < -0.4 is 10.1 Å². The molecular weight excluding hydrogens is 440 g/mol. The summed E-state index contributed by atoms with van der Waals surface area (Å²) in [4.78, 5) is 26.5. The summed E-state index contributed by atoms with van der Waals surface area (Å²) >= 11 is 0. The van der Waals surface area contributed by atoms with Gasteiger partial charge in [-0.05, 0) is 54.2 Å². The molecule has 0 aromatic heterocycles. The van der Waals surface area contributed by atoms with Crippen LogP contribution >= 0.6 is 0 Å². The van der Waals surface area contributed by atoms with Crippen molar-refractivity contribution >= 4 is 11.8 Å². The first-order valence-corrected chi connectivity index (χ1v) is 11.1. The van der Waals surface area contributed by atoms with E-state index in [1.807, 2.05) is 13.8 Å². The molecule has 2 aromatic carbocycles. The molecule has 178 valence electrons. The van der Waals surface area contributed by atoms with E-state index in [-0.39, 0.29) is 23.4 Å². The Morgan fingerprint density at radius 1 is 1.09 bits per heavy atom. The molecule has 7 heteroatoms. The van der Waals surface area contributed by atoms with Crippen molar-refractivity contribution in [1.29, 1.82) is 0 Å². The SMILES string of the molecule is COc1ccc(COC(=O)C2=C(C)NC3=C(C(=O)CC(C)(C)C3)[C@H]2c2ccc(F)c(F)c2)cc1. The van der Waals surface area contributed by atoms with E-state index in [1.54, 1.807) is 38.3 Å². The van der Waals surface area contributed by atoms with Gasteiger partial charge in [0.2, 0.25) is 0 Å². The molecule has 0 fully saturated rings. The molecule has 2 aliphatic rings. The van der Waals surface area contributed by atoms with Gasteiger partial charge in [0.25, 0.3) is 0 Å². The molecule has 0 amide bonds. The number of carbonyl (C=O) groups excluding carboxylic acids is 2. The van der Waals surface area contributed by atoms with Crippen molar-refractivity contribution in [3.05, 3.63) is 87.8 Å². The lowest BCUT2D eigenvalue weighted by Crippen LogP contribution is -2.38. The Hall–Kier alpha value is -3.48. The molecule has 2 aromatic rings. The number of carbonyl (C=O) groups is 2. The lowest BCUT2D eigenvalue weighted by molar-refractivity contribution is -0.140. The Kier molecular flexibility index (Phi) is 6.30. The zero-order valence-electron chi connectivity index (χ0n) is 19.6. The Balaban J connectivity index is 1.71. The number of rotatable bonds is 5. The van der Waals surface area contributed by atoms with Crippen molar-refractivity contribution in [2.24, 2.45) is 5.41 Å². The van der Waals surface area contributed by atoms with E-state index in [9.17, 15) is 18.4 Å². The highest BCUT2D eigenvalue weighted by Crippen LogP contribution is 2.47. The lowest BCUT2D eigenvalue weighted by Gasteiger charge is -2.39. The van der Waals surface area contributed by atoms with Gasteiger partial charge in [0.05, 0.1) is 12.7 Å². The molecule has 34 heavy (non-hydrogen) atoms. The van der Waals surface area contributed by atoms with Gasteiger partial charge in [-0.25, -0.2) is 13.6 Å². The van der Waals surface area contributed by atoms with Crippen molar-refractivity contribution in [3.63, 3.8) is 0 Å². The normalized spacial score (nSPS) is 19.5. The number of benzene rings is 2. The van der Waals surface area contributed by atoms with E-state index in [0.29, 0.717) is 41.1 Å². The monoisotopic (exact) mass is 467 g/mol. The van der Waals surface area contributed by atoms with Crippen LogP contribution in [0.3, 0.4) is 0 Å². The Bertz CT molecular complexity index is 1210. The van der Waals surface area contributed by atoms with Crippen LogP contribution in [0.15, 0.2) is 65.0 Å². The fourth-order valence-corrected chi connectivity index (χ4v) is 4.68. The maximum atomic E-state index is 14.2. The Morgan fingerprint density at radius 2 is 1.79 bits per heavy atom. The summed E-state index contributed by atoms with van der Waals surface area (Å²) in [5.74, 6) is -2.95. The van der Waals surface area contributed by atoms with Gasteiger partial charge >= 0.3 is 5.97 Å². The number of hydrogen-bond donors (Lipinski definition) is 1. The van der Waals surface area contributed by atoms with Crippen LogP contribution in [-0.4, -0.2) is 18.9 Å². The predicted molar refractivity (Wildman–Crippen MR) is 123 cm³/mol. The number of ketones is 1. The first kappa shape index (κ1) is 23.7. The molecule has 0 saturated heterocycles. The topological polar surface area (TPSA) is 64.6 Å². The minimum absolute atomic E-state index is 0.0109. The molecule has 0 radical (unpaired) electrons. The molecule has 1 aliphatic heterocycles. The van der Waals surface area contributed by atoms with Crippen molar-refractivity contribution in [2.75, 3.05) is 7.11 Å². The van der Waals surface area contributed by atoms with E-state index >= 15 is 0 Å². The molecule has 0 unspecified atom stereocenters. The summed E-state index contributed by atoms with van der Waals surface area (Å²) in [6.45, 7) is 5.74. The molecule has 1 N–H and O–H groups in total. The van der Waals surface area contributed by atoms with Gasteiger partial charge in [-0.1, -0.05) is 32.0 Å². The third-order valence-corrected chi connectivity index (χ3v) is 6.27. The standard InChI is InChI=1S/C27H27F2NO4/c1-15-23(26(32)34-14-16-5-8-18(33-4)9-6-16)24(17-7-10-19(28)20(29)11-17)25-21(30-15)12-27(2,3)13-22(25)31/h5-11,24,30H,12-14H2,1-4H3/t24-/m0/s1. The number of halogens is 2. The Morgan fingerprint density at radius 3 is 2.44 bits per heavy atom. The number of hydrogen-bond acceptors (Lipinski definition) is 5. The third-order valence-electron chi connectivity index (χ3n) is 6.27. The van der Waals surface area contributed by atoms with E-state index in [0.717, 1.165) is 17.7 Å². The summed E-state index contributed by atoms with van der Waals surface area (Å²) < 4.78 is 38.6. The molecule has 0 bridgehead atoms. The smallest absolute Gasteiger partial charge is 0.337 e. The average Bonchev–Trinajstić information content (AvgIpc) is 2.78. The van der Waals surface area contributed by atoms with Gasteiger partial charge < -0.3 is 14.8 Å². The van der Waals surface area contributed by atoms with E-state index in [2.05, 4.69) is 5.32 Å². The predicted octanol–water partition coefficient (Wildman–Crippen LogP) is 5.32. The number of methoxy groups -OCH3 is 1. The van der Waals surface area contributed by atoms with Gasteiger partial charge in [0.1, 0.15) is 12.4 Å². The summed E-state index contributed by atoms with van der Waals surface area (Å²) in [7, 11) is 1.56. The second kappa shape index (κ2) is 9.05. The largest absolute Gasteiger partial charge is 0.497 e. The number of esters is 1. The van der Waals surface area contributed by atoms with Gasteiger partial charge in [0, 0.05) is 29.3 Å². The van der Waals surface area contributed by atoms with Gasteiger partial charge in [0.15, 0.2) is 17.4 Å². The fourth-order valence-electron chi connectivity index (χ4n) is 4.68.